The molecule has 0 saturated carbocycles. The molecule has 2 amide bonds. The number of rotatable bonds is 8. The number of nitrogens with zero attached hydrogens (tertiary/aromatic N) is 1. The van der Waals surface area contributed by atoms with Crippen molar-refractivity contribution < 1.29 is 19.5 Å². The number of carbonyl (C=O) groups excluding carboxylic acids is 2. The van der Waals surface area contributed by atoms with E-state index in [9.17, 15) is 14.4 Å². The number of carboxylic acid groups (broad SMARTS) is 1. The standard InChI is InChI=1S/C18H31N3O4.CH4/c1-13(11-17(23)24)20-16(22)12-21-10-2-3-15(18(21)25)5-4-14-6-8-19-9-7-14;/h13-15,19H,2-12H2,1H3,(H,20,22)(H,23,24);1H4/t13?,15-;/m0./s1. The molecule has 150 valence electrons. The second kappa shape index (κ2) is 11.2. The monoisotopic (exact) mass is 369 g/mol. The van der Waals surface area contributed by atoms with E-state index in [4.69, 9.17) is 5.11 Å². The minimum atomic E-state index is -0.945. The molecule has 2 saturated heterocycles. The Morgan fingerprint density at radius 1 is 1.27 bits per heavy atom. The smallest absolute Gasteiger partial charge is 0.305 e. The molecule has 3 N–H and O–H groups in total. The Bertz CT molecular complexity index is 477. The average molecular weight is 370 g/mol. The lowest BCUT2D eigenvalue weighted by Crippen LogP contribution is -2.48. The third-order valence-electron chi connectivity index (χ3n) is 5.25. The Morgan fingerprint density at radius 3 is 2.62 bits per heavy atom. The number of hydrogen-bond acceptors (Lipinski definition) is 4. The molecule has 0 aromatic carbocycles. The molecule has 7 heteroatoms. The second-order valence-electron chi connectivity index (χ2n) is 7.44. The zero-order valence-corrected chi connectivity index (χ0v) is 15.1. The van der Waals surface area contributed by atoms with Gasteiger partial charge in [0.25, 0.3) is 0 Å². The van der Waals surface area contributed by atoms with Gasteiger partial charge in [-0.2, -0.15) is 0 Å². The summed E-state index contributed by atoms with van der Waals surface area (Å²) in [6.45, 7) is 4.45. The Labute approximate surface area is 156 Å². The van der Waals surface area contributed by atoms with E-state index in [-0.39, 0.29) is 38.1 Å². The predicted octanol–water partition coefficient (Wildman–Crippen LogP) is 1.62. The molecule has 0 aliphatic carbocycles. The molecule has 0 aromatic rings. The molecule has 1 unspecified atom stereocenters. The van der Waals surface area contributed by atoms with E-state index in [1.807, 2.05) is 0 Å². The summed E-state index contributed by atoms with van der Waals surface area (Å²) < 4.78 is 0. The summed E-state index contributed by atoms with van der Waals surface area (Å²) in [4.78, 5) is 37.0. The highest BCUT2D eigenvalue weighted by molar-refractivity contribution is 5.86. The molecular formula is C19H35N3O4. The van der Waals surface area contributed by atoms with Crippen molar-refractivity contribution in [1.82, 2.24) is 15.5 Å². The molecule has 0 spiro atoms. The van der Waals surface area contributed by atoms with Crippen LogP contribution in [-0.4, -0.2) is 60.0 Å². The zero-order chi connectivity index (χ0) is 18.2. The van der Waals surface area contributed by atoms with E-state index in [1.165, 1.54) is 12.8 Å². The Kier molecular flexibility index (Phi) is 9.62. The van der Waals surface area contributed by atoms with Crippen LogP contribution in [0.5, 0.6) is 0 Å². The van der Waals surface area contributed by atoms with Gasteiger partial charge in [0.2, 0.25) is 11.8 Å². The fourth-order valence-electron chi connectivity index (χ4n) is 3.86. The highest BCUT2D eigenvalue weighted by atomic mass is 16.4. The fraction of sp³-hybridized carbons (Fsp3) is 0.842. The van der Waals surface area contributed by atoms with Gasteiger partial charge in [0, 0.05) is 18.5 Å². The van der Waals surface area contributed by atoms with Crippen LogP contribution in [0.1, 0.15) is 59.3 Å². The molecular weight excluding hydrogens is 334 g/mol. The Morgan fingerprint density at radius 2 is 1.96 bits per heavy atom. The highest BCUT2D eigenvalue weighted by Crippen LogP contribution is 2.27. The van der Waals surface area contributed by atoms with Gasteiger partial charge < -0.3 is 20.6 Å². The number of aliphatic carboxylic acids is 1. The van der Waals surface area contributed by atoms with Crippen molar-refractivity contribution in [2.45, 2.75) is 65.3 Å². The number of nitrogens with one attached hydrogen (secondary N) is 2. The minimum absolute atomic E-state index is 0. The van der Waals surface area contributed by atoms with Gasteiger partial charge in [-0.3, -0.25) is 14.4 Å². The largest absolute Gasteiger partial charge is 0.481 e. The first-order valence-corrected chi connectivity index (χ1v) is 9.46. The number of amides is 2. The molecule has 2 rings (SSSR count). The quantitative estimate of drug-likeness (QED) is 0.604. The van der Waals surface area contributed by atoms with Gasteiger partial charge in [0.05, 0.1) is 13.0 Å². The molecule has 26 heavy (non-hydrogen) atoms. The molecule has 7 nitrogen and oxygen atoms in total. The van der Waals surface area contributed by atoms with Crippen LogP contribution in [0, 0.1) is 11.8 Å². The zero-order valence-electron chi connectivity index (χ0n) is 15.1. The number of hydrogen-bond donors (Lipinski definition) is 3. The lowest BCUT2D eigenvalue weighted by Gasteiger charge is -2.33. The van der Waals surface area contributed by atoms with Crippen LogP contribution in [0.2, 0.25) is 0 Å². The molecule has 2 atom stereocenters. The normalized spacial score (nSPS) is 22.4. The van der Waals surface area contributed by atoms with Crippen LogP contribution in [0.3, 0.4) is 0 Å². The van der Waals surface area contributed by atoms with E-state index in [0.29, 0.717) is 12.5 Å². The minimum Gasteiger partial charge on any atom is -0.481 e. The van der Waals surface area contributed by atoms with Crippen molar-refractivity contribution in [1.29, 1.82) is 0 Å². The van der Waals surface area contributed by atoms with Gasteiger partial charge in [-0.15, -0.1) is 0 Å². The van der Waals surface area contributed by atoms with Crippen LogP contribution in [0.25, 0.3) is 0 Å². The van der Waals surface area contributed by atoms with E-state index < -0.39 is 12.0 Å². The number of carboxylic acids is 1. The summed E-state index contributed by atoms with van der Waals surface area (Å²) in [7, 11) is 0. The lowest BCUT2D eigenvalue weighted by molar-refractivity contribution is -0.143. The summed E-state index contributed by atoms with van der Waals surface area (Å²) in [6.07, 6.45) is 6.12. The number of piperidine rings is 2. The van der Waals surface area contributed by atoms with Crippen molar-refractivity contribution in [3.8, 4) is 0 Å². The molecule has 2 fully saturated rings. The van der Waals surface area contributed by atoms with Crippen molar-refractivity contribution in [2.24, 2.45) is 11.8 Å². The van der Waals surface area contributed by atoms with E-state index in [0.717, 1.165) is 38.8 Å². The van der Waals surface area contributed by atoms with E-state index in [2.05, 4.69) is 10.6 Å². The van der Waals surface area contributed by atoms with Crippen molar-refractivity contribution in [2.75, 3.05) is 26.2 Å². The molecule has 0 radical (unpaired) electrons. The molecule has 2 aliphatic heterocycles. The van der Waals surface area contributed by atoms with Gasteiger partial charge in [0.1, 0.15) is 0 Å². The van der Waals surface area contributed by atoms with Crippen molar-refractivity contribution in [3.05, 3.63) is 0 Å². The first-order chi connectivity index (χ1) is 12.0. The molecule has 0 bridgehead atoms. The summed E-state index contributed by atoms with van der Waals surface area (Å²) in [6, 6.07) is -0.430. The first-order valence-electron chi connectivity index (χ1n) is 9.46. The van der Waals surface area contributed by atoms with Gasteiger partial charge in [-0.1, -0.05) is 7.43 Å². The van der Waals surface area contributed by atoms with Crippen LogP contribution < -0.4 is 10.6 Å². The van der Waals surface area contributed by atoms with Gasteiger partial charge >= 0.3 is 5.97 Å². The first kappa shape index (κ1) is 22.4. The maximum absolute atomic E-state index is 12.6. The van der Waals surface area contributed by atoms with Gasteiger partial charge in [0.15, 0.2) is 0 Å². The summed E-state index contributed by atoms with van der Waals surface area (Å²) >= 11 is 0. The molecule has 2 aliphatic rings. The SMILES string of the molecule is C.CC(CC(=O)O)NC(=O)CN1CCC[C@@H](CCC2CCNCC2)C1=O. The third kappa shape index (κ3) is 7.32. The summed E-state index contributed by atoms with van der Waals surface area (Å²) in [5, 5.41) is 14.8. The maximum Gasteiger partial charge on any atom is 0.305 e. The number of carbonyl (C=O) groups is 3. The van der Waals surface area contributed by atoms with Crippen LogP contribution in [-0.2, 0) is 14.4 Å². The van der Waals surface area contributed by atoms with Crippen LogP contribution in [0.15, 0.2) is 0 Å². The Balaban J connectivity index is 0.00000338. The van der Waals surface area contributed by atoms with Crippen LogP contribution >= 0.6 is 0 Å². The fourth-order valence-corrected chi connectivity index (χ4v) is 3.86. The summed E-state index contributed by atoms with van der Waals surface area (Å²) in [5.74, 6) is -0.389. The Hall–Kier alpha value is -1.63. The third-order valence-corrected chi connectivity index (χ3v) is 5.25. The lowest BCUT2D eigenvalue weighted by atomic mass is 9.86. The van der Waals surface area contributed by atoms with Gasteiger partial charge in [-0.25, -0.2) is 0 Å². The molecule has 2 heterocycles. The van der Waals surface area contributed by atoms with E-state index >= 15 is 0 Å². The maximum atomic E-state index is 12.6. The van der Waals surface area contributed by atoms with Gasteiger partial charge in [-0.05, 0) is 64.5 Å². The van der Waals surface area contributed by atoms with Crippen molar-refractivity contribution >= 4 is 17.8 Å². The average Bonchev–Trinajstić information content (AvgIpc) is 2.55. The van der Waals surface area contributed by atoms with Crippen LogP contribution in [0.4, 0.5) is 0 Å². The molecule has 0 aromatic heterocycles. The topological polar surface area (TPSA) is 98.7 Å². The van der Waals surface area contributed by atoms with E-state index in [1.54, 1.807) is 11.8 Å². The van der Waals surface area contributed by atoms with Crippen molar-refractivity contribution in [3.63, 3.8) is 0 Å². The second-order valence-corrected chi connectivity index (χ2v) is 7.44. The summed E-state index contributed by atoms with van der Waals surface area (Å²) in [5.41, 5.74) is 0. The predicted molar refractivity (Wildman–Crippen MR) is 101 cm³/mol. The highest BCUT2D eigenvalue weighted by Gasteiger charge is 2.30. The number of likely N-dealkylation sites (tertiary alicyclic amines) is 1.